The van der Waals surface area contributed by atoms with Gasteiger partial charge in [-0.05, 0) is 25.0 Å². The van der Waals surface area contributed by atoms with E-state index < -0.39 is 0 Å². The van der Waals surface area contributed by atoms with Crippen LogP contribution in [0.15, 0.2) is 54.6 Å². The predicted octanol–water partition coefficient (Wildman–Crippen LogP) is 4.34. The minimum Gasteiger partial charge on any atom is -0.378 e. The minimum absolute atomic E-state index is 0.707. The quantitative estimate of drug-likeness (QED) is 0.750. The van der Waals surface area contributed by atoms with Gasteiger partial charge in [0, 0.05) is 30.4 Å². The standard InChI is InChI=1S/C22H24N4O/c1-16-7-6-8-17(2)21(16)24-20-15-19(18-9-4-3-5-10-18)23-22(25-20)26-11-13-27-14-12-26/h3-10,15H,11-14H2,1-2H3,(H,23,24,25). The second-order valence-corrected chi connectivity index (χ2v) is 6.80. The van der Waals surface area contributed by atoms with E-state index in [1.165, 1.54) is 11.1 Å². The Morgan fingerprint density at radius 2 is 1.59 bits per heavy atom. The van der Waals surface area contributed by atoms with Gasteiger partial charge >= 0.3 is 0 Å². The average Bonchev–Trinajstić information content (AvgIpc) is 2.72. The molecule has 2 heterocycles. The normalized spacial score (nSPS) is 14.2. The second kappa shape index (κ2) is 7.76. The summed E-state index contributed by atoms with van der Waals surface area (Å²) >= 11 is 0. The van der Waals surface area contributed by atoms with Crippen LogP contribution < -0.4 is 10.2 Å². The number of nitrogens with zero attached hydrogens (tertiary/aromatic N) is 3. The molecule has 0 aliphatic carbocycles. The SMILES string of the molecule is Cc1cccc(C)c1Nc1cc(-c2ccccc2)nc(N2CCOCC2)n1. The second-order valence-electron chi connectivity index (χ2n) is 6.80. The molecule has 1 aliphatic heterocycles. The number of hydrogen-bond donors (Lipinski definition) is 1. The van der Waals surface area contributed by atoms with Gasteiger partial charge in [-0.1, -0.05) is 48.5 Å². The molecule has 0 bridgehead atoms. The van der Waals surface area contributed by atoms with Gasteiger partial charge in [0.15, 0.2) is 0 Å². The molecule has 0 atom stereocenters. The summed E-state index contributed by atoms with van der Waals surface area (Å²) in [6.45, 7) is 7.24. The minimum atomic E-state index is 0.707. The van der Waals surface area contributed by atoms with E-state index in [0.717, 1.165) is 41.8 Å². The fourth-order valence-corrected chi connectivity index (χ4v) is 3.30. The summed E-state index contributed by atoms with van der Waals surface area (Å²) < 4.78 is 5.48. The first-order valence-corrected chi connectivity index (χ1v) is 9.31. The summed E-state index contributed by atoms with van der Waals surface area (Å²) in [5.74, 6) is 1.55. The number of aromatic nitrogens is 2. The lowest BCUT2D eigenvalue weighted by atomic mass is 10.1. The first-order chi connectivity index (χ1) is 13.2. The topological polar surface area (TPSA) is 50.3 Å². The number of para-hydroxylation sites is 1. The molecule has 138 valence electrons. The molecule has 5 heteroatoms. The molecule has 0 saturated carbocycles. The van der Waals surface area contributed by atoms with Crippen molar-refractivity contribution in [2.24, 2.45) is 0 Å². The summed E-state index contributed by atoms with van der Waals surface area (Å²) in [4.78, 5) is 11.8. The van der Waals surface area contributed by atoms with E-state index in [-0.39, 0.29) is 0 Å². The number of hydrogen-bond acceptors (Lipinski definition) is 5. The van der Waals surface area contributed by atoms with Crippen LogP contribution >= 0.6 is 0 Å². The van der Waals surface area contributed by atoms with Gasteiger partial charge in [0.25, 0.3) is 0 Å². The van der Waals surface area contributed by atoms with Crippen LogP contribution in [0, 0.1) is 13.8 Å². The lowest BCUT2D eigenvalue weighted by molar-refractivity contribution is 0.122. The van der Waals surface area contributed by atoms with Gasteiger partial charge in [-0.25, -0.2) is 4.98 Å². The maximum atomic E-state index is 5.48. The molecule has 0 amide bonds. The Morgan fingerprint density at radius 1 is 0.889 bits per heavy atom. The van der Waals surface area contributed by atoms with Gasteiger partial charge in [-0.3, -0.25) is 0 Å². The zero-order chi connectivity index (χ0) is 18.6. The molecule has 27 heavy (non-hydrogen) atoms. The fraction of sp³-hybridized carbons (Fsp3) is 0.273. The van der Waals surface area contributed by atoms with Crippen LogP contribution in [0.3, 0.4) is 0 Å². The van der Waals surface area contributed by atoms with Crippen molar-refractivity contribution in [3.05, 3.63) is 65.7 Å². The van der Waals surface area contributed by atoms with Crippen molar-refractivity contribution in [1.82, 2.24) is 9.97 Å². The van der Waals surface area contributed by atoms with Gasteiger partial charge in [0.05, 0.1) is 18.9 Å². The van der Waals surface area contributed by atoms with Gasteiger partial charge < -0.3 is 15.0 Å². The Balaban J connectivity index is 1.75. The molecule has 1 aliphatic rings. The maximum absolute atomic E-state index is 5.48. The molecule has 0 unspecified atom stereocenters. The van der Waals surface area contributed by atoms with E-state index in [0.29, 0.717) is 13.2 Å². The third-order valence-corrected chi connectivity index (χ3v) is 4.81. The maximum Gasteiger partial charge on any atom is 0.228 e. The zero-order valence-electron chi connectivity index (χ0n) is 15.8. The number of nitrogens with one attached hydrogen (secondary N) is 1. The van der Waals surface area contributed by atoms with Crippen molar-refractivity contribution in [3.8, 4) is 11.3 Å². The van der Waals surface area contributed by atoms with Gasteiger partial charge in [0.1, 0.15) is 5.82 Å². The van der Waals surface area contributed by atoms with Crippen molar-refractivity contribution in [2.45, 2.75) is 13.8 Å². The lowest BCUT2D eigenvalue weighted by Crippen LogP contribution is -2.37. The van der Waals surface area contributed by atoms with Crippen molar-refractivity contribution < 1.29 is 4.74 Å². The molecular formula is C22H24N4O. The van der Waals surface area contributed by atoms with E-state index >= 15 is 0 Å². The van der Waals surface area contributed by atoms with Crippen LogP contribution in [0.25, 0.3) is 11.3 Å². The number of benzene rings is 2. The van der Waals surface area contributed by atoms with E-state index in [1.54, 1.807) is 0 Å². The molecule has 5 nitrogen and oxygen atoms in total. The van der Waals surface area contributed by atoms with E-state index in [2.05, 4.69) is 54.4 Å². The Labute approximate surface area is 160 Å². The van der Waals surface area contributed by atoms with Crippen LogP contribution in [-0.2, 0) is 4.74 Å². The summed E-state index contributed by atoms with van der Waals surface area (Å²) in [5, 5.41) is 3.52. The van der Waals surface area contributed by atoms with Gasteiger partial charge in [0.2, 0.25) is 5.95 Å². The van der Waals surface area contributed by atoms with Crippen LogP contribution in [0.2, 0.25) is 0 Å². The molecular weight excluding hydrogens is 336 g/mol. The smallest absolute Gasteiger partial charge is 0.228 e. The third kappa shape index (κ3) is 3.93. The van der Waals surface area contributed by atoms with E-state index in [1.807, 2.05) is 24.3 Å². The average molecular weight is 360 g/mol. The fourth-order valence-electron chi connectivity index (χ4n) is 3.30. The Hall–Kier alpha value is -2.92. The first kappa shape index (κ1) is 17.5. The number of anilines is 3. The lowest BCUT2D eigenvalue weighted by Gasteiger charge is -2.27. The molecule has 1 saturated heterocycles. The Kier molecular flexibility index (Phi) is 5.03. The first-order valence-electron chi connectivity index (χ1n) is 9.31. The van der Waals surface area contributed by atoms with Crippen LogP contribution in [0.4, 0.5) is 17.5 Å². The van der Waals surface area contributed by atoms with E-state index in [9.17, 15) is 0 Å². The number of rotatable bonds is 4. The van der Waals surface area contributed by atoms with Crippen LogP contribution in [0.1, 0.15) is 11.1 Å². The molecule has 3 aromatic rings. The highest BCUT2D eigenvalue weighted by Gasteiger charge is 2.17. The third-order valence-electron chi connectivity index (χ3n) is 4.81. The number of aryl methyl sites for hydroxylation is 2. The molecule has 0 radical (unpaired) electrons. The van der Waals surface area contributed by atoms with Crippen LogP contribution in [-0.4, -0.2) is 36.3 Å². The monoisotopic (exact) mass is 360 g/mol. The molecule has 1 N–H and O–H groups in total. The molecule has 4 rings (SSSR count). The van der Waals surface area contributed by atoms with E-state index in [4.69, 9.17) is 14.7 Å². The predicted molar refractivity (Wildman–Crippen MR) is 110 cm³/mol. The molecule has 1 aromatic heterocycles. The summed E-state index contributed by atoms with van der Waals surface area (Å²) in [6.07, 6.45) is 0. The number of ether oxygens (including phenoxy) is 1. The van der Waals surface area contributed by atoms with Crippen LogP contribution in [0.5, 0.6) is 0 Å². The van der Waals surface area contributed by atoms with Crippen molar-refractivity contribution in [3.63, 3.8) is 0 Å². The summed E-state index contributed by atoms with van der Waals surface area (Å²) in [5.41, 5.74) is 5.49. The highest BCUT2D eigenvalue weighted by Crippen LogP contribution is 2.28. The number of morpholine rings is 1. The van der Waals surface area contributed by atoms with Crippen molar-refractivity contribution in [2.75, 3.05) is 36.5 Å². The van der Waals surface area contributed by atoms with Crippen molar-refractivity contribution in [1.29, 1.82) is 0 Å². The molecule has 0 spiro atoms. The zero-order valence-corrected chi connectivity index (χ0v) is 15.8. The summed E-state index contributed by atoms with van der Waals surface area (Å²) in [7, 11) is 0. The Bertz CT molecular complexity index is 901. The highest BCUT2D eigenvalue weighted by molar-refractivity contribution is 5.70. The highest BCUT2D eigenvalue weighted by atomic mass is 16.5. The molecule has 1 fully saturated rings. The largest absolute Gasteiger partial charge is 0.378 e. The van der Waals surface area contributed by atoms with Gasteiger partial charge in [-0.15, -0.1) is 0 Å². The van der Waals surface area contributed by atoms with Gasteiger partial charge in [-0.2, -0.15) is 4.98 Å². The summed E-state index contributed by atoms with van der Waals surface area (Å²) in [6, 6.07) is 18.5. The Morgan fingerprint density at radius 3 is 2.30 bits per heavy atom. The van der Waals surface area contributed by atoms with Crippen molar-refractivity contribution >= 4 is 17.5 Å². The molecule has 2 aromatic carbocycles.